The quantitative estimate of drug-likeness (QED) is 0.407. The molecule has 0 amide bonds. The van der Waals surface area contributed by atoms with Crippen molar-refractivity contribution in [3.63, 3.8) is 0 Å². The summed E-state index contributed by atoms with van der Waals surface area (Å²) in [5.41, 5.74) is 0. The number of esters is 2. The monoisotopic (exact) mass is 240 g/mol. The van der Waals surface area contributed by atoms with Gasteiger partial charge in [0.2, 0.25) is 0 Å². The second-order valence-electron chi connectivity index (χ2n) is 3.63. The van der Waals surface area contributed by atoms with Gasteiger partial charge in [-0.3, -0.25) is 0 Å². The standard InChI is InChI=1S/C6H8O3.C6H8O2/c1-2-6(7)9-4-5-3-8-5;1-2-6(7)8-5-3-4-5/h2,5H,1,3-4H2;2,5H,1,3-4H2. The van der Waals surface area contributed by atoms with Crippen LogP contribution in [-0.4, -0.2) is 37.4 Å². The van der Waals surface area contributed by atoms with Crippen LogP contribution in [0.4, 0.5) is 0 Å². The molecule has 2 aliphatic rings. The van der Waals surface area contributed by atoms with E-state index in [1.165, 1.54) is 6.08 Å². The van der Waals surface area contributed by atoms with Crippen LogP contribution in [0.25, 0.3) is 0 Å². The highest BCUT2D eigenvalue weighted by Crippen LogP contribution is 2.23. The summed E-state index contributed by atoms with van der Waals surface area (Å²) in [6.07, 6.45) is 4.74. The van der Waals surface area contributed by atoms with Crippen LogP contribution >= 0.6 is 0 Å². The van der Waals surface area contributed by atoms with E-state index >= 15 is 0 Å². The Hall–Kier alpha value is -1.62. The van der Waals surface area contributed by atoms with Gasteiger partial charge in [0.1, 0.15) is 18.8 Å². The van der Waals surface area contributed by atoms with Gasteiger partial charge < -0.3 is 14.2 Å². The molecule has 1 saturated carbocycles. The number of epoxide rings is 1. The molecule has 1 heterocycles. The third-order valence-electron chi connectivity index (χ3n) is 1.95. The predicted molar refractivity (Wildman–Crippen MR) is 60.2 cm³/mol. The molecule has 1 aliphatic carbocycles. The van der Waals surface area contributed by atoms with Gasteiger partial charge in [0.05, 0.1) is 6.61 Å². The molecule has 94 valence electrons. The summed E-state index contributed by atoms with van der Waals surface area (Å²) in [6, 6.07) is 0. The Morgan fingerprint density at radius 2 is 1.82 bits per heavy atom. The van der Waals surface area contributed by atoms with E-state index in [-0.39, 0.29) is 24.1 Å². The lowest BCUT2D eigenvalue weighted by Gasteiger charge is -1.94. The molecule has 1 aliphatic heterocycles. The summed E-state index contributed by atoms with van der Waals surface area (Å²) < 4.78 is 14.2. The highest BCUT2D eigenvalue weighted by Gasteiger charge is 2.24. The van der Waals surface area contributed by atoms with Gasteiger partial charge in [0.15, 0.2) is 0 Å². The molecule has 0 aromatic carbocycles. The first-order valence-corrected chi connectivity index (χ1v) is 5.39. The highest BCUT2D eigenvalue weighted by atomic mass is 16.6. The number of hydrogen-bond donors (Lipinski definition) is 0. The lowest BCUT2D eigenvalue weighted by molar-refractivity contribution is -0.139. The van der Waals surface area contributed by atoms with Crippen LogP contribution in [0.15, 0.2) is 25.3 Å². The molecular formula is C12H16O5. The van der Waals surface area contributed by atoms with Crippen molar-refractivity contribution < 1.29 is 23.8 Å². The molecule has 0 N–H and O–H groups in total. The second-order valence-corrected chi connectivity index (χ2v) is 3.63. The lowest BCUT2D eigenvalue weighted by Crippen LogP contribution is -2.06. The molecule has 5 nitrogen and oxygen atoms in total. The normalized spacial score (nSPS) is 20.4. The van der Waals surface area contributed by atoms with Crippen molar-refractivity contribution >= 4 is 11.9 Å². The highest BCUT2D eigenvalue weighted by molar-refractivity contribution is 5.81. The first kappa shape index (κ1) is 13.4. The minimum Gasteiger partial charge on any atom is -0.460 e. The Labute approximate surface area is 100 Å². The number of hydrogen-bond acceptors (Lipinski definition) is 5. The largest absolute Gasteiger partial charge is 0.460 e. The Kier molecular flexibility index (Phi) is 5.42. The summed E-state index contributed by atoms with van der Waals surface area (Å²) in [5, 5.41) is 0. The number of carbonyl (C=O) groups is 2. The van der Waals surface area contributed by atoms with E-state index in [1.807, 2.05) is 0 Å². The molecule has 0 bridgehead atoms. The maximum atomic E-state index is 10.3. The van der Waals surface area contributed by atoms with E-state index < -0.39 is 0 Å². The van der Waals surface area contributed by atoms with E-state index in [9.17, 15) is 9.59 Å². The lowest BCUT2D eigenvalue weighted by atomic mass is 10.5. The third-order valence-corrected chi connectivity index (χ3v) is 1.95. The first-order valence-electron chi connectivity index (χ1n) is 5.39. The Morgan fingerprint density at radius 1 is 1.24 bits per heavy atom. The van der Waals surface area contributed by atoms with Crippen molar-refractivity contribution in [1.29, 1.82) is 0 Å². The van der Waals surface area contributed by atoms with Gasteiger partial charge in [0, 0.05) is 12.2 Å². The van der Waals surface area contributed by atoms with E-state index in [2.05, 4.69) is 17.9 Å². The van der Waals surface area contributed by atoms with Gasteiger partial charge in [-0.15, -0.1) is 0 Å². The molecule has 0 radical (unpaired) electrons. The van der Waals surface area contributed by atoms with Gasteiger partial charge >= 0.3 is 11.9 Å². The van der Waals surface area contributed by atoms with Crippen molar-refractivity contribution in [3.05, 3.63) is 25.3 Å². The van der Waals surface area contributed by atoms with E-state index in [4.69, 9.17) is 9.47 Å². The van der Waals surface area contributed by atoms with Gasteiger partial charge in [-0.2, -0.15) is 0 Å². The maximum absolute atomic E-state index is 10.3. The molecule has 17 heavy (non-hydrogen) atoms. The predicted octanol–water partition coefficient (Wildman–Crippen LogP) is 0.992. The molecule has 0 aromatic heterocycles. The van der Waals surface area contributed by atoms with Gasteiger partial charge in [-0.25, -0.2) is 9.59 Å². The number of ether oxygens (including phenoxy) is 3. The van der Waals surface area contributed by atoms with Gasteiger partial charge in [-0.05, 0) is 12.8 Å². The smallest absolute Gasteiger partial charge is 0.330 e. The molecule has 1 atom stereocenters. The molecule has 2 rings (SSSR count). The summed E-state index contributed by atoms with van der Waals surface area (Å²) >= 11 is 0. The van der Waals surface area contributed by atoms with E-state index in [0.29, 0.717) is 13.2 Å². The average molecular weight is 240 g/mol. The molecule has 1 saturated heterocycles. The Balaban J connectivity index is 0.000000171. The molecule has 0 aromatic rings. The second kappa shape index (κ2) is 6.85. The van der Waals surface area contributed by atoms with Crippen LogP contribution < -0.4 is 0 Å². The van der Waals surface area contributed by atoms with Crippen molar-refractivity contribution in [2.75, 3.05) is 13.2 Å². The maximum Gasteiger partial charge on any atom is 0.330 e. The number of rotatable bonds is 5. The molecule has 5 heteroatoms. The summed E-state index contributed by atoms with van der Waals surface area (Å²) in [5.74, 6) is -0.682. The minimum absolute atomic E-state index is 0.147. The van der Waals surface area contributed by atoms with Crippen LogP contribution in [0.2, 0.25) is 0 Å². The van der Waals surface area contributed by atoms with Crippen LogP contribution in [0, 0.1) is 0 Å². The fourth-order valence-corrected chi connectivity index (χ4v) is 0.797. The molecule has 2 fully saturated rings. The van der Waals surface area contributed by atoms with Crippen LogP contribution in [0.1, 0.15) is 12.8 Å². The Morgan fingerprint density at radius 3 is 2.24 bits per heavy atom. The zero-order chi connectivity index (χ0) is 12.7. The van der Waals surface area contributed by atoms with Crippen LogP contribution in [0.5, 0.6) is 0 Å². The first-order chi connectivity index (χ1) is 8.15. The minimum atomic E-state index is -0.384. The van der Waals surface area contributed by atoms with E-state index in [0.717, 1.165) is 18.9 Å². The molecular weight excluding hydrogens is 224 g/mol. The van der Waals surface area contributed by atoms with Crippen molar-refractivity contribution in [3.8, 4) is 0 Å². The van der Waals surface area contributed by atoms with Gasteiger partial charge in [0.25, 0.3) is 0 Å². The van der Waals surface area contributed by atoms with Gasteiger partial charge in [-0.1, -0.05) is 13.2 Å². The van der Waals surface area contributed by atoms with Crippen molar-refractivity contribution in [2.24, 2.45) is 0 Å². The molecule has 1 unspecified atom stereocenters. The van der Waals surface area contributed by atoms with E-state index in [1.54, 1.807) is 0 Å². The summed E-state index contributed by atoms with van der Waals surface area (Å²) in [7, 11) is 0. The Bertz CT molecular complexity index is 302. The van der Waals surface area contributed by atoms with Crippen LogP contribution in [-0.2, 0) is 23.8 Å². The average Bonchev–Trinajstić information content (AvgIpc) is 3.20. The number of carbonyl (C=O) groups excluding carboxylic acids is 2. The van der Waals surface area contributed by atoms with Crippen molar-refractivity contribution in [2.45, 2.75) is 25.0 Å². The zero-order valence-corrected chi connectivity index (χ0v) is 9.59. The summed E-state index contributed by atoms with van der Waals surface area (Å²) in [6.45, 7) is 7.59. The fourth-order valence-electron chi connectivity index (χ4n) is 0.797. The zero-order valence-electron chi connectivity index (χ0n) is 9.59. The third kappa shape index (κ3) is 7.30. The summed E-state index contributed by atoms with van der Waals surface area (Å²) in [4.78, 5) is 20.7. The van der Waals surface area contributed by atoms with Crippen molar-refractivity contribution in [1.82, 2.24) is 0 Å². The SMILES string of the molecule is C=CC(=O)OC1CC1.C=CC(=O)OCC1CO1. The fraction of sp³-hybridized carbons (Fsp3) is 0.500. The van der Waals surface area contributed by atoms with Crippen LogP contribution in [0.3, 0.4) is 0 Å². The molecule has 0 spiro atoms. The topological polar surface area (TPSA) is 65.1 Å².